The molecule has 2 N–H and O–H groups in total. The predicted molar refractivity (Wildman–Crippen MR) is 77.9 cm³/mol. The Labute approximate surface area is 119 Å². The van der Waals surface area contributed by atoms with Gasteiger partial charge in [-0.3, -0.25) is 9.59 Å². The van der Waals surface area contributed by atoms with Gasteiger partial charge in [-0.25, -0.2) is 4.98 Å². The van der Waals surface area contributed by atoms with E-state index >= 15 is 0 Å². The number of carbonyl (C=O) groups is 2. The molecule has 1 aromatic carbocycles. The summed E-state index contributed by atoms with van der Waals surface area (Å²) in [7, 11) is 0. The van der Waals surface area contributed by atoms with E-state index in [2.05, 4.69) is 15.6 Å². The zero-order chi connectivity index (χ0) is 14.0. The zero-order valence-corrected chi connectivity index (χ0v) is 11.9. The highest BCUT2D eigenvalue weighted by Gasteiger charge is 2.12. The molecule has 7 heteroatoms. The number of fused-ring (bicyclic) bond motifs is 1. The summed E-state index contributed by atoms with van der Waals surface area (Å²) in [6, 6.07) is 5.37. The van der Waals surface area contributed by atoms with Gasteiger partial charge in [0.05, 0.1) is 10.2 Å². The minimum Gasteiger partial charge on any atom is -0.326 e. The van der Waals surface area contributed by atoms with E-state index in [9.17, 15) is 9.59 Å². The minimum atomic E-state index is -0.609. The van der Waals surface area contributed by atoms with Crippen LogP contribution < -0.4 is 10.6 Å². The molecular formula is C12H12ClN3O2S. The Kier molecular flexibility index (Phi) is 4.01. The van der Waals surface area contributed by atoms with Crippen LogP contribution in [0.15, 0.2) is 18.2 Å². The number of anilines is 2. The molecule has 0 aliphatic rings. The lowest BCUT2D eigenvalue weighted by Gasteiger charge is -2.01. The Hall–Kier alpha value is -1.66. The van der Waals surface area contributed by atoms with E-state index in [0.29, 0.717) is 10.8 Å². The summed E-state index contributed by atoms with van der Waals surface area (Å²) in [5.74, 6) is -0.420. The third-order valence-electron chi connectivity index (χ3n) is 2.30. The van der Waals surface area contributed by atoms with Gasteiger partial charge in [0.1, 0.15) is 5.38 Å². The van der Waals surface area contributed by atoms with Crippen molar-refractivity contribution in [3.63, 3.8) is 0 Å². The van der Waals surface area contributed by atoms with Crippen molar-refractivity contribution < 1.29 is 9.59 Å². The summed E-state index contributed by atoms with van der Waals surface area (Å²) in [6.07, 6.45) is 0. The molecule has 0 unspecified atom stereocenters. The third-order valence-corrected chi connectivity index (χ3v) is 3.43. The van der Waals surface area contributed by atoms with Crippen LogP contribution >= 0.6 is 22.9 Å². The van der Waals surface area contributed by atoms with E-state index in [0.717, 1.165) is 10.2 Å². The van der Waals surface area contributed by atoms with Crippen LogP contribution in [0.25, 0.3) is 10.2 Å². The predicted octanol–water partition coefficient (Wildman–Crippen LogP) is 2.82. The summed E-state index contributed by atoms with van der Waals surface area (Å²) in [4.78, 5) is 26.7. The fourth-order valence-corrected chi connectivity index (χ4v) is 2.43. The standard InChI is InChI=1S/C12H12ClN3O2S/c1-6(13)11(18)16-12-15-9-4-3-8(14-7(2)17)5-10(9)19-12/h3-6H,1-2H3,(H,14,17)(H,15,16,18)/t6-/m1/s1. The topological polar surface area (TPSA) is 71.1 Å². The number of hydrogen-bond donors (Lipinski definition) is 2. The van der Waals surface area contributed by atoms with Crippen molar-refractivity contribution >= 4 is 55.8 Å². The van der Waals surface area contributed by atoms with E-state index in [1.807, 2.05) is 6.07 Å². The number of nitrogens with one attached hydrogen (secondary N) is 2. The molecule has 0 saturated heterocycles. The summed E-state index contributed by atoms with van der Waals surface area (Å²) in [6.45, 7) is 3.05. The number of benzene rings is 1. The SMILES string of the molecule is CC(=O)Nc1ccc2nc(NC(=O)[C@@H](C)Cl)sc2c1. The van der Waals surface area contributed by atoms with Gasteiger partial charge in [0.25, 0.3) is 0 Å². The number of aromatic nitrogens is 1. The van der Waals surface area contributed by atoms with Crippen molar-refractivity contribution in [1.82, 2.24) is 4.98 Å². The first-order chi connectivity index (χ1) is 8.95. The zero-order valence-electron chi connectivity index (χ0n) is 10.4. The maximum absolute atomic E-state index is 11.5. The Balaban J connectivity index is 2.25. The number of amides is 2. The largest absolute Gasteiger partial charge is 0.326 e. The molecule has 0 spiro atoms. The van der Waals surface area contributed by atoms with Gasteiger partial charge in [0, 0.05) is 12.6 Å². The van der Waals surface area contributed by atoms with Crippen LogP contribution in [0, 0.1) is 0 Å². The lowest BCUT2D eigenvalue weighted by atomic mass is 10.3. The van der Waals surface area contributed by atoms with Gasteiger partial charge in [0.15, 0.2) is 5.13 Å². The third kappa shape index (κ3) is 3.42. The Bertz CT molecular complexity index is 639. The maximum Gasteiger partial charge on any atom is 0.243 e. The van der Waals surface area contributed by atoms with E-state index < -0.39 is 5.38 Å². The first-order valence-electron chi connectivity index (χ1n) is 5.59. The number of carbonyl (C=O) groups excluding carboxylic acids is 2. The molecule has 100 valence electrons. The average Bonchev–Trinajstić information content (AvgIpc) is 2.69. The van der Waals surface area contributed by atoms with Crippen molar-refractivity contribution in [2.24, 2.45) is 0 Å². The highest BCUT2D eigenvalue weighted by atomic mass is 35.5. The summed E-state index contributed by atoms with van der Waals surface area (Å²) < 4.78 is 0.878. The van der Waals surface area contributed by atoms with Gasteiger partial charge in [0.2, 0.25) is 11.8 Å². The fraction of sp³-hybridized carbons (Fsp3) is 0.250. The number of rotatable bonds is 3. The van der Waals surface area contributed by atoms with E-state index in [-0.39, 0.29) is 11.8 Å². The van der Waals surface area contributed by atoms with Gasteiger partial charge in [-0.1, -0.05) is 11.3 Å². The van der Waals surface area contributed by atoms with Gasteiger partial charge in [-0.2, -0.15) is 0 Å². The van der Waals surface area contributed by atoms with Crippen LogP contribution in [0.1, 0.15) is 13.8 Å². The second kappa shape index (κ2) is 5.54. The van der Waals surface area contributed by atoms with E-state index in [4.69, 9.17) is 11.6 Å². The van der Waals surface area contributed by atoms with E-state index in [1.54, 1.807) is 19.1 Å². The molecule has 5 nitrogen and oxygen atoms in total. The lowest BCUT2D eigenvalue weighted by Crippen LogP contribution is -2.19. The molecule has 0 fully saturated rings. The van der Waals surface area contributed by atoms with Crippen LogP contribution in [0.4, 0.5) is 10.8 Å². The second-order valence-electron chi connectivity index (χ2n) is 3.99. The Morgan fingerprint density at radius 3 is 2.74 bits per heavy atom. The monoisotopic (exact) mass is 297 g/mol. The molecular weight excluding hydrogens is 286 g/mol. The highest BCUT2D eigenvalue weighted by Crippen LogP contribution is 2.28. The smallest absolute Gasteiger partial charge is 0.243 e. The van der Waals surface area contributed by atoms with Crippen LogP contribution in [-0.2, 0) is 9.59 Å². The molecule has 0 aliphatic carbocycles. The van der Waals surface area contributed by atoms with Gasteiger partial charge >= 0.3 is 0 Å². The van der Waals surface area contributed by atoms with Crippen molar-refractivity contribution in [3.05, 3.63) is 18.2 Å². The first-order valence-corrected chi connectivity index (χ1v) is 6.84. The Morgan fingerprint density at radius 1 is 1.37 bits per heavy atom. The Morgan fingerprint density at radius 2 is 2.11 bits per heavy atom. The molecule has 1 aromatic heterocycles. The molecule has 0 aliphatic heterocycles. The molecule has 1 atom stereocenters. The van der Waals surface area contributed by atoms with Crippen molar-refractivity contribution in [3.8, 4) is 0 Å². The molecule has 0 saturated carbocycles. The molecule has 2 rings (SSSR count). The van der Waals surface area contributed by atoms with E-state index in [1.165, 1.54) is 18.3 Å². The molecule has 0 bridgehead atoms. The summed E-state index contributed by atoms with van der Waals surface area (Å²) in [5.41, 5.74) is 1.46. The molecule has 2 amide bonds. The number of alkyl halides is 1. The number of halogens is 1. The molecule has 0 radical (unpaired) electrons. The summed E-state index contributed by atoms with van der Waals surface area (Å²) >= 11 is 7.01. The first kappa shape index (κ1) is 13.8. The van der Waals surface area contributed by atoms with Crippen LogP contribution in [-0.4, -0.2) is 22.2 Å². The average molecular weight is 298 g/mol. The van der Waals surface area contributed by atoms with Gasteiger partial charge in [-0.05, 0) is 25.1 Å². The van der Waals surface area contributed by atoms with Gasteiger partial charge < -0.3 is 10.6 Å². The van der Waals surface area contributed by atoms with Crippen molar-refractivity contribution in [1.29, 1.82) is 0 Å². The number of hydrogen-bond acceptors (Lipinski definition) is 4. The highest BCUT2D eigenvalue weighted by molar-refractivity contribution is 7.22. The number of thiazole rings is 1. The molecule has 19 heavy (non-hydrogen) atoms. The normalized spacial score (nSPS) is 12.2. The fourth-order valence-electron chi connectivity index (χ4n) is 1.46. The van der Waals surface area contributed by atoms with Crippen molar-refractivity contribution in [2.45, 2.75) is 19.2 Å². The maximum atomic E-state index is 11.5. The lowest BCUT2D eigenvalue weighted by molar-refractivity contribution is -0.116. The molecule has 1 heterocycles. The van der Waals surface area contributed by atoms with Gasteiger partial charge in [-0.15, -0.1) is 11.6 Å². The number of nitrogens with zero attached hydrogens (tertiary/aromatic N) is 1. The van der Waals surface area contributed by atoms with Crippen molar-refractivity contribution in [2.75, 3.05) is 10.6 Å². The quantitative estimate of drug-likeness (QED) is 0.856. The molecule has 2 aromatic rings. The second-order valence-corrected chi connectivity index (χ2v) is 5.67. The van der Waals surface area contributed by atoms with Crippen LogP contribution in [0.5, 0.6) is 0 Å². The van der Waals surface area contributed by atoms with Crippen LogP contribution in [0.3, 0.4) is 0 Å². The summed E-state index contributed by atoms with van der Waals surface area (Å²) in [5, 5.41) is 5.22. The minimum absolute atomic E-state index is 0.131. The van der Waals surface area contributed by atoms with Crippen LogP contribution in [0.2, 0.25) is 0 Å².